The van der Waals surface area contributed by atoms with Crippen LogP contribution < -0.4 is 4.90 Å². The van der Waals surface area contributed by atoms with Gasteiger partial charge in [-0.2, -0.15) is 0 Å². The van der Waals surface area contributed by atoms with Gasteiger partial charge in [0.15, 0.2) is 0 Å². The number of nitrogens with zero attached hydrogens (tertiary/aromatic N) is 1. The van der Waals surface area contributed by atoms with Crippen LogP contribution in [0, 0.1) is 0 Å². The van der Waals surface area contributed by atoms with E-state index >= 15 is 0 Å². The lowest BCUT2D eigenvalue weighted by Gasteiger charge is -2.28. The number of thiophene rings is 1. The molecule has 0 saturated carbocycles. The van der Waals surface area contributed by atoms with E-state index in [4.69, 9.17) is 5.11 Å². The van der Waals surface area contributed by atoms with Gasteiger partial charge in [-0.25, -0.2) is 4.79 Å². The Hall–Kier alpha value is -2.18. The van der Waals surface area contributed by atoms with Gasteiger partial charge in [0.2, 0.25) is 5.91 Å². The predicted molar refractivity (Wildman–Crippen MR) is 118 cm³/mol. The number of carbonyl (C=O) groups excluding carboxylic acids is 1. The molecule has 6 heteroatoms. The summed E-state index contributed by atoms with van der Waals surface area (Å²) >= 11 is 1.28. The van der Waals surface area contributed by atoms with Crippen molar-refractivity contribution in [2.24, 2.45) is 0 Å². The number of hydrogen-bond acceptors (Lipinski definition) is 4. The number of carboxylic acids is 1. The topological polar surface area (TPSA) is 77.8 Å². The summed E-state index contributed by atoms with van der Waals surface area (Å²) < 4.78 is 0. The minimum Gasteiger partial charge on any atom is -0.477 e. The number of unbranched alkanes of at least 4 members (excludes halogenated alkanes) is 2. The fourth-order valence-corrected chi connectivity index (χ4v) is 4.33. The lowest BCUT2D eigenvalue weighted by Crippen LogP contribution is -2.37. The number of rotatable bonds is 11. The van der Waals surface area contributed by atoms with Crippen molar-refractivity contribution in [3.8, 4) is 0 Å². The number of carboxylic acid groups (broad SMARTS) is 1. The Labute approximate surface area is 177 Å². The van der Waals surface area contributed by atoms with Gasteiger partial charge < -0.3 is 15.1 Å². The minimum absolute atomic E-state index is 0.0248. The zero-order valence-corrected chi connectivity index (χ0v) is 18.2. The Morgan fingerprint density at radius 3 is 2.31 bits per heavy atom. The van der Waals surface area contributed by atoms with E-state index < -0.39 is 12.1 Å². The van der Waals surface area contributed by atoms with Gasteiger partial charge in [-0.3, -0.25) is 4.79 Å². The highest BCUT2D eigenvalue weighted by atomic mass is 32.1. The number of benzene rings is 1. The molecule has 1 amide bonds. The summed E-state index contributed by atoms with van der Waals surface area (Å²) in [5, 5.41) is 19.4. The number of amides is 1. The molecule has 1 heterocycles. The molecule has 0 fully saturated rings. The van der Waals surface area contributed by atoms with Gasteiger partial charge in [-0.1, -0.05) is 38.3 Å². The predicted octanol–water partition coefficient (Wildman–Crippen LogP) is 5.43. The van der Waals surface area contributed by atoms with Gasteiger partial charge in [0.1, 0.15) is 4.88 Å². The highest BCUT2D eigenvalue weighted by Gasteiger charge is 2.20. The van der Waals surface area contributed by atoms with Crippen LogP contribution in [-0.4, -0.2) is 28.1 Å². The molecule has 0 saturated heterocycles. The Bertz CT molecular complexity index is 799. The standard InChI is InChI=1S/C23H31NO4S/c1-4-5-6-7-21(26)18-9-11-19(12-10-18)24(17(3)25)16(2)8-13-20-14-15-22(29-20)23(27)28/h9-12,14-16,21,26H,4-8,13H2,1-3H3,(H,27,28). The van der Waals surface area contributed by atoms with E-state index in [1.54, 1.807) is 17.9 Å². The molecule has 1 aromatic carbocycles. The third-order valence-corrected chi connectivity index (χ3v) is 6.23. The fraction of sp³-hybridized carbons (Fsp3) is 0.478. The number of aromatic carboxylic acids is 1. The molecule has 0 bridgehead atoms. The molecule has 2 unspecified atom stereocenters. The summed E-state index contributed by atoms with van der Waals surface area (Å²) in [6.45, 7) is 5.69. The maximum atomic E-state index is 12.3. The monoisotopic (exact) mass is 417 g/mol. The maximum absolute atomic E-state index is 12.3. The molecule has 2 N–H and O–H groups in total. The largest absolute Gasteiger partial charge is 0.477 e. The molecule has 0 spiro atoms. The fourth-order valence-electron chi connectivity index (χ4n) is 3.47. The molecule has 158 valence electrons. The van der Waals surface area contributed by atoms with Crippen molar-refractivity contribution >= 4 is 28.9 Å². The van der Waals surface area contributed by atoms with Gasteiger partial charge in [0.25, 0.3) is 0 Å². The van der Waals surface area contributed by atoms with Crippen molar-refractivity contribution in [3.05, 3.63) is 51.7 Å². The van der Waals surface area contributed by atoms with E-state index in [1.807, 2.05) is 37.3 Å². The van der Waals surface area contributed by atoms with Crippen LogP contribution in [0.1, 0.15) is 79.1 Å². The van der Waals surface area contributed by atoms with E-state index in [0.717, 1.165) is 54.7 Å². The Morgan fingerprint density at radius 1 is 1.07 bits per heavy atom. The van der Waals surface area contributed by atoms with Crippen molar-refractivity contribution in [1.82, 2.24) is 0 Å². The number of aliphatic hydroxyl groups is 1. The van der Waals surface area contributed by atoms with Crippen LogP contribution >= 0.6 is 11.3 Å². The van der Waals surface area contributed by atoms with E-state index in [-0.39, 0.29) is 11.9 Å². The number of aliphatic hydroxyl groups excluding tert-OH is 1. The van der Waals surface area contributed by atoms with Crippen molar-refractivity contribution < 1.29 is 19.8 Å². The van der Waals surface area contributed by atoms with Crippen LogP contribution in [0.15, 0.2) is 36.4 Å². The molecule has 0 aliphatic heterocycles. The zero-order valence-electron chi connectivity index (χ0n) is 17.4. The molecule has 0 radical (unpaired) electrons. The molecule has 29 heavy (non-hydrogen) atoms. The lowest BCUT2D eigenvalue weighted by molar-refractivity contribution is -0.117. The molecule has 0 aliphatic rings. The first-order chi connectivity index (χ1) is 13.8. The molecule has 0 aliphatic carbocycles. The molecule has 5 nitrogen and oxygen atoms in total. The Kier molecular flexibility index (Phi) is 8.86. The number of hydrogen-bond donors (Lipinski definition) is 2. The first kappa shape index (κ1) is 23.1. The number of aryl methyl sites for hydroxylation is 1. The lowest BCUT2D eigenvalue weighted by atomic mass is 10.0. The van der Waals surface area contributed by atoms with Gasteiger partial charge in [-0.15, -0.1) is 11.3 Å². The second kappa shape index (κ2) is 11.1. The van der Waals surface area contributed by atoms with Gasteiger partial charge in [-0.05, 0) is 56.0 Å². The summed E-state index contributed by atoms with van der Waals surface area (Å²) in [5.74, 6) is -0.942. The number of carbonyl (C=O) groups is 2. The first-order valence-corrected chi connectivity index (χ1v) is 11.0. The molecule has 2 rings (SSSR count). The van der Waals surface area contributed by atoms with Crippen LogP contribution in [0.3, 0.4) is 0 Å². The van der Waals surface area contributed by atoms with E-state index in [0.29, 0.717) is 4.88 Å². The van der Waals surface area contributed by atoms with Gasteiger partial charge in [0, 0.05) is 23.5 Å². The number of anilines is 1. The van der Waals surface area contributed by atoms with Crippen LogP contribution in [0.4, 0.5) is 5.69 Å². The van der Waals surface area contributed by atoms with Crippen molar-refractivity contribution in [1.29, 1.82) is 0 Å². The van der Waals surface area contributed by atoms with Gasteiger partial charge >= 0.3 is 5.97 Å². The molecule has 2 atom stereocenters. The third kappa shape index (κ3) is 6.68. The first-order valence-electron chi connectivity index (χ1n) is 10.2. The molecular weight excluding hydrogens is 386 g/mol. The van der Waals surface area contributed by atoms with E-state index in [1.165, 1.54) is 11.3 Å². The highest BCUT2D eigenvalue weighted by Crippen LogP contribution is 2.26. The average molecular weight is 418 g/mol. The summed E-state index contributed by atoms with van der Waals surface area (Å²) in [6.07, 6.45) is 4.98. The van der Waals surface area contributed by atoms with Crippen LogP contribution in [-0.2, 0) is 11.2 Å². The van der Waals surface area contributed by atoms with Crippen molar-refractivity contribution in [3.63, 3.8) is 0 Å². The minimum atomic E-state index is -0.906. The molecule has 2 aromatic rings. The normalized spacial score (nSPS) is 13.1. The van der Waals surface area contributed by atoms with E-state index in [9.17, 15) is 14.7 Å². The quantitative estimate of drug-likeness (QED) is 0.478. The summed E-state index contributed by atoms with van der Waals surface area (Å²) in [5.41, 5.74) is 1.69. The smallest absolute Gasteiger partial charge is 0.345 e. The highest BCUT2D eigenvalue weighted by molar-refractivity contribution is 7.13. The second-order valence-corrected chi connectivity index (χ2v) is 8.62. The van der Waals surface area contributed by atoms with Crippen LogP contribution in [0.5, 0.6) is 0 Å². The summed E-state index contributed by atoms with van der Waals surface area (Å²) in [7, 11) is 0. The summed E-state index contributed by atoms with van der Waals surface area (Å²) in [4.78, 5) is 26.4. The van der Waals surface area contributed by atoms with Crippen LogP contribution in [0.25, 0.3) is 0 Å². The molecular formula is C23H31NO4S. The van der Waals surface area contributed by atoms with Crippen molar-refractivity contribution in [2.45, 2.75) is 71.4 Å². The van der Waals surface area contributed by atoms with E-state index in [2.05, 4.69) is 6.92 Å². The summed E-state index contributed by atoms with van der Waals surface area (Å²) in [6, 6.07) is 11.0. The SMILES string of the molecule is CCCCCC(O)c1ccc(N(C(C)=O)C(C)CCc2ccc(C(=O)O)s2)cc1. The zero-order chi connectivity index (χ0) is 21.4. The average Bonchev–Trinajstić information content (AvgIpc) is 3.16. The van der Waals surface area contributed by atoms with Gasteiger partial charge in [0.05, 0.1) is 6.10 Å². The van der Waals surface area contributed by atoms with Crippen molar-refractivity contribution in [2.75, 3.05) is 4.90 Å². The third-order valence-electron chi connectivity index (χ3n) is 5.10. The second-order valence-electron chi connectivity index (χ2n) is 7.45. The Morgan fingerprint density at radius 2 is 1.76 bits per heavy atom. The van der Waals surface area contributed by atoms with Crippen LogP contribution in [0.2, 0.25) is 0 Å². The maximum Gasteiger partial charge on any atom is 0.345 e. The molecule has 1 aromatic heterocycles. The Balaban J connectivity index is 2.01.